The lowest BCUT2D eigenvalue weighted by Gasteiger charge is -2.16. The van der Waals surface area contributed by atoms with Crippen LogP contribution in [0.5, 0.6) is 0 Å². The van der Waals surface area contributed by atoms with E-state index in [1.165, 1.54) is 11.0 Å². The Balaban J connectivity index is 1.85. The van der Waals surface area contributed by atoms with Gasteiger partial charge >= 0.3 is 6.18 Å². The van der Waals surface area contributed by atoms with E-state index in [0.717, 1.165) is 6.26 Å². The van der Waals surface area contributed by atoms with Crippen LogP contribution < -0.4 is 15.4 Å². The molecule has 3 aromatic rings. The van der Waals surface area contributed by atoms with Gasteiger partial charge in [0.25, 0.3) is 5.91 Å². The molecule has 1 aromatic heterocycles. The number of benzene rings is 2. The van der Waals surface area contributed by atoms with Crippen molar-refractivity contribution in [3.8, 4) is 0 Å². The van der Waals surface area contributed by atoms with Gasteiger partial charge in [0, 0.05) is 38.1 Å². The van der Waals surface area contributed by atoms with Crippen molar-refractivity contribution in [2.24, 2.45) is 0 Å². The van der Waals surface area contributed by atoms with Crippen LogP contribution in [0.2, 0.25) is 0 Å². The highest BCUT2D eigenvalue weighted by Crippen LogP contribution is 2.34. The average molecular weight is 509 g/mol. The number of halogens is 3. The number of nitrogens with one attached hydrogen (secondary N) is 3. The van der Waals surface area contributed by atoms with E-state index < -0.39 is 27.6 Å². The smallest absolute Gasteiger partial charge is 0.365 e. The Morgan fingerprint density at radius 2 is 1.71 bits per heavy atom. The van der Waals surface area contributed by atoms with Crippen molar-refractivity contribution in [1.29, 1.82) is 0 Å². The first-order chi connectivity index (χ1) is 16.3. The van der Waals surface area contributed by atoms with Crippen molar-refractivity contribution in [3.05, 3.63) is 71.4 Å². The molecular weight excluding hydrogens is 485 g/mol. The van der Waals surface area contributed by atoms with Gasteiger partial charge in [0.2, 0.25) is 16.0 Å². The van der Waals surface area contributed by atoms with Gasteiger partial charge in [-0.25, -0.2) is 13.4 Å². The summed E-state index contributed by atoms with van der Waals surface area (Å²) in [5, 5.41) is 5.44. The number of hydrogen-bond acceptors (Lipinski definition) is 7. The highest BCUT2D eigenvalue weighted by atomic mass is 32.2. The number of carbonyl (C=O) groups is 1. The number of sulfonamides is 1. The van der Waals surface area contributed by atoms with Crippen molar-refractivity contribution >= 4 is 39.1 Å². The molecule has 0 aliphatic rings. The molecule has 0 spiro atoms. The largest absolute Gasteiger partial charge is 0.421 e. The van der Waals surface area contributed by atoms with Crippen molar-refractivity contribution in [3.63, 3.8) is 0 Å². The predicted octanol–water partition coefficient (Wildman–Crippen LogP) is 3.92. The Labute approximate surface area is 200 Å². The summed E-state index contributed by atoms with van der Waals surface area (Å²) < 4.78 is 66.2. The predicted molar refractivity (Wildman–Crippen MR) is 127 cm³/mol. The van der Waals surface area contributed by atoms with Gasteiger partial charge in [0.05, 0.1) is 11.9 Å². The monoisotopic (exact) mass is 508 g/mol. The van der Waals surface area contributed by atoms with E-state index in [-0.39, 0.29) is 24.1 Å². The fourth-order valence-corrected chi connectivity index (χ4v) is 3.62. The molecule has 0 saturated carbocycles. The third-order valence-electron chi connectivity index (χ3n) is 4.65. The van der Waals surface area contributed by atoms with Crippen molar-refractivity contribution in [2.45, 2.75) is 12.7 Å². The minimum absolute atomic E-state index is 0.102. The maximum Gasteiger partial charge on any atom is 0.421 e. The van der Waals surface area contributed by atoms with Crippen molar-refractivity contribution < 1.29 is 26.4 Å². The molecule has 3 N–H and O–H groups in total. The Kier molecular flexibility index (Phi) is 7.48. The molecule has 0 saturated heterocycles. The quantitative estimate of drug-likeness (QED) is 0.422. The summed E-state index contributed by atoms with van der Waals surface area (Å²) >= 11 is 0. The van der Waals surface area contributed by atoms with Crippen LogP contribution in [0.1, 0.15) is 21.5 Å². The van der Waals surface area contributed by atoms with E-state index in [4.69, 9.17) is 0 Å². The zero-order valence-corrected chi connectivity index (χ0v) is 19.8. The van der Waals surface area contributed by atoms with Crippen molar-refractivity contribution in [1.82, 2.24) is 14.9 Å². The maximum atomic E-state index is 13.6. The van der Waals surface area contributed by atoms with E-state index in [2.05, 4.69) is 25.3 Å². The summed E-state index contributed by atoms with van der Waals surface area (Å²) in [4.78, 5) is 21.2. The van der Waals surface area contributed by atoms with Crippen LogP contribution in [0, 0.1) is 0 Å². The first kappa shape index (κ1) is 25.7. The molecule has 2 aromatic carbocycles. The SMILES string of the molecule is CN(C)C(=O)c1ccc(Nc2ncc(C(F)(F)F)c(NCc3ccccc3NS(C)(=O)=O)n2)cc1. The Bertz CT molecular complexity index is 1310. The van der Waals surface area contributed by atoms with Gasteiger partial charge in [-0.05, 0) is 35.9 Å². The second-order valence-electron chi connectivity index (χ2n) is 7.74. The third-order valence-corrected chi connectivity index (χ3v) is 5.24. The number of nitrogens with zero attached hydrogens (tertiary/aromatic N) is 3. The third kappa shape index (κ3) is 7.06. The zero-order chi connectivity index (χ0) is 25.8. The highest BCUT2D eigenvalue weighted by molar-refractivity contribution is 7.92. The minimum atomic E-state index is -4.72. The van der Waals surface area contributed by atoms with E-state index in [9.17, 15) is 26.4 Å². The second-order valence-corrected chi connectivity index (χ2v) is 9.49. The minimum Gasteiger partial charge on any atom is -0.365 e. The summed E-state index contributed by atoms with van der Waals surface area (Å²) in [5.74, 6) is -0.780. The lowest BCUT2D eigenvalue weighted by Crippen LogP contribution is -2.21. The van der Waals surface area contributed by atoms with Gasteiger partial charge in [-0.1, -0.05) is 18.2 Å². The van der Waals surface area contributed by atoms with Gasteiger partial charge < -0.3 is 15.5 Å². The molecule has 0 unspecified atom stereocenters. The van der Waals surface area contributed by atoms with E-state index in [1.807, 2.05) is 0 Å². The number of rotatable bonds is 8. The number of hydrogen-bond donors (Lipinski definition) is 3. The maximum absolute atomic E-state index is 13.6. The number of aromatic nitrogens is 2. The summed E-state index contributed by atoms with van der Waals surface area (Å²) in [6.45, 7) is -0.139. The molecular formula is C22H23F3N6O3S. The van der Waals surface area contributed by atoms with E-state index in [0.29, 0.717) is 23.0 Å². The van der Waals surface area contributed by atoms with Gasteiger partial charge in [-0.3, -0.25) is 9.52 Å². The molecule has 0 bridgehead atoms. The lowest BCUT2D eigenvalue weighted by atomic mass is 10.2. The first-order valence-electron chi connectivity index (χ1n) is 10.2. The lowest BCUT2D eigenvalue weighted by molar-refractivity contribution is -0.137. The normalized spacial score (nSPS) is 11.6. The van der Waals surface area contributed by atoms with Gasteiger partial charge in [-0.15, -0.1) is 0 Å². The zero-order valence-electron chi connectivity index (χ0n) is 19.0. The summed E-state index contributed by atoms with van der Waals surface area (Å²) in [7, 11) is -0.346. The van der Waals surface area contributed by atoms with E-state index >= 15 is 0 Å². The fraction of sp³-hybridized carbons (Fsp3) is 0.227. The highest BCUT2D eigenvalue weighted by Gasteiger charge is 2.35. The molecule has 13 heteroatoms. The molecule has 35 heavy (non-hydrogen) atoms. The molecule has 1 heterocycles. The molecule has 186 valence electrons. The topological polar surface area (TPSA) is 116 Å². The van der Waals surface area contributed by atoms with Gasteiger partial charge in [-0.2, -0.15) is 18.2 Å². The first-order valence-corrected chi connectivity index (χ1v) is 12.0. The molecule has 0 aliphatic heterocycles. The van der Waals surface area contributed by atoms with Crippen LogP contribution >= 0.6 is 0 Å². The van der Waals surface area contributed by atoms with Gasteiger partial charge in [0.1, 0.15) is 11.4 Å². The molecule has 0 atom stereocenters. The Hall–Kier alpha value is -3.87. The van der Waals surface area contributed by atoms with E-state index in [1.54, 1.807) is 56.6 Å². The number of carbonyl (C=O) groups excluding carboxylic acids is 1. The number of para-hydroxylation sites is 1. The fourth-order valence-electron chi connectivity index (χ4n) is 3.02. The van der Waals surface area contributed by atoms with Crippen molar-refractivity contribution in [2.75, 3.05) is 35.7 Å². The molecule has 3 rings (SSSR count). The van der Waals surface area contributed by atoms with Gasteiger partial charge in [0.15, 0.2) is 0 Å². The van der Waals surface area contributed by atoms with Crippen LogP contribution in [0.25, 0.3) is 0 Å². The number of amides is 1. The van der Waals surface area contributed by atoms with Crippen LogP contribution in [-0.2, 0) is 22.7 Å². The standard InChI is InChI=1S/C22H23F3N6O3S/c1-31(2)20(32)14-8-10-16(11-9-14)28-21-27-13-17(22(23,24)25)19(29-21)26-12-15-6-4-5-7-18(15)30-35(3,33)34/h4-11,13,30H,12H2,1-3H3,(H2,26,27,28,29). The summed E-state index contributed by atoms with van der Waals surface area (Å²) in [6.07, 6.45) is -3.09. The summed E-state index contributed by atoms with van der Waals surface area (Å²) in [5.41, 5.74) is 0.478. The van der Waals surface area contributed by atoms with Crippen LogP contribution in [0.3, 0.4) is 0 Å². The molecule has 9 nitrogen and oxygen atoms in total. The molecule has 0 radical (unpaired) electrons. The number of anilines is 4. The van der Waals surface area contributed by atoms with Crippen LogP contribution in [-0.4, -0.2) is 49.5 Å². The molecule has 0 aliphatic carbocycles. The Morgan fingerprint density at radius 3 is 2.31 bits per heavy atom. The van der Waals surface area contributed by atoms with Crippen LogP contribution in [0.15, 0.2) is 54.7 Å². The summed E-state index contributed by atoms with van der Waals surface area (Å²) in [6, 6.07) is 12.6. The molecule has 1 amide bonds. The van der Waals surface area contributed by atoms with Crippen LogP contribution in [0.4, 0.5) is 36.3 Å². The second kappa shape index (κ2) is 10.2. The molecule has 0 fully saturated rings. The average Bonchev–Trinajstić information content (AvgIpc) is 2.77. The number of alkyl halides is 3. The Morgan fingerprint density at radius 1 is 1.06 bits per heavy atom.